The standard InChI is InChI=1S/C10H14S2/c1-3-6-9-7-4-5-8-10(9)12-11-2/h4-5,7-8H,3,6H2,1-2H3. The van der Waals surface area contributed by atoms with Gasteiger partial charge in [0.05, 0.1) is 0 Å². The fraction of sp³-hybridized carbons (Fsp3) is 0.400. The van der Waals surface area contributed by atoms with Crippen molar-refractivity contribution < 1.29 is 0 Å². The minimum Gasteiger partial charge on any atom is -0.0924 e. The lowest BCUT2D eigenvalue weighted by Crippen LogP contribution is -1.84. The van der Waals surface area contributed by atoms with Gasteiger partial charge in [-0.05, 0) is 24.3 Å². The van der Waals surface area contributed by atoms with E-state index in [0.717, 1.165) is 0 Å². The predicted molar refractivity (Wildman–Crippen MR) is 59.8 cm³/mol. The van der Waals surface area contributed by atoms with Crippen molar-refractivity contribution >= 4 is 21.6 Å². The van der Waals surface area contributed by atoms with Crippen molar-refractivity contribution in [3.05, 3.63) is 29.8 Å². The van der Waals surface area contributed by atoms with E-state index in [1.165, 1.54) is 23.3 Å². The van der Waals surface area contributed by atoms with Crippen molar-refractivity contribution in [2.24, 2.45) is 0 Å². The van der Waals surface area contributed by atoms with Crippen molar-refractivity contribution in [2.45, 2.75) is 24.7 Å². The maximum absolute atomic E-state index is 2.22. The van der Waals surface area contributed by atoms with Crippen LogP contribution in [-0.2, 0) is 6.42 Å². The van der Waals surface area contributed by atoms with E-state index < -0.39 is 0 Å². The van der Waals surface area contributed by atoms with Crippen LogP contribution in [0.15, 0.2) is 29.2 Å². The summed E-state index contributed by atoms with van der Waals surface area (Å²) in [5, 5.41) is 0. The lowest BCUT2D eigenvalue weighted by atomic mass is 10.1. The van der Waals surface area contributed by atoms with Gasteiger partial charge in [-0.3, -0.25) is 0 Å². The molecule has 0 saturated heterocycles. The van der Waals surface area contributed by atoms with Gasteiger partial charge < -0.3 is 0 Å². The summed E-state index contributed by atoms with van der Waals surface area (Å²) in [6, 6.07) is 8.65. The normalized spacial score (nSPS) is 10.2. The quantitative estimate of drug-likeness (QED) is 0.670. The molecule has 0 unspecified atom stereocenters. The van der Waals surface area contributed by atoms with Crippen LogP contribution in [0.2, 0.25) is 0 Å². The fourth-order valence-corrected chi connectivity index (χ4v) is 2.77. The molecule has 0 saturated carbocycles. The molecular formula is C10H14S2. The van der Waals surface area contributed by atoms with E-state index >= 15 is 0 Å². The zero-order chi connectivity index (χ0) is 8.81. The molecular weight excluding hydrogens is 184 g/mol. The second kappa shape index (κ2) is 5.55. The highest BCUT2D eigenvalue weighted by Crippen LogP contribution is 2.31. The molecule has 1 rings (SSSR count). The third kappa shape index (κ3) is 2.76. The van der Waals surface area contributed by atoms with Crippen LogP contribution in [0.5, 0.6) is 0 Å². The lowest BCUT2D eigenvalue weighted by molar-refractivity contribution is 0.901. The van der Waals surface area contributed by atoms with E-state index in [-0.39, 0.29) is 0 Å². The van der Waals surface area contributed by atoms with E-state index in [4.69, 9.17) is 0 Å². The van der Waals surface area contributed by atoms with Gasteiger partial charge in [-0.1, -0.05) is 53.1 Å². The summed E-state index contributed by atoms with van der Waals surface area (Å²) in [6.07, 6.45) is 4.54. The molecule has 66 valence electrons. The molecule has 0 atom stereocenters. The second-order valence-electron chi connectivity index (χ2n) is 2.61. The summed E-state index contributed by atoms with van der Waals surface area (Å²) in [5.74, 6) is 0. The van der Waals surface area contributed by atoms with E-state index in [0.29, 0.717) is 0 Å². The van der Waals surface area contributed by atoms with Crippen molar-refractivity contribution in [1.82, 2.24) is 0 Å². The van der Waals surface area contributed by atoms with Crippen LogP contribution in [0.3, 0.4) is 0 Å². The van der Waals surface area contributed by atoms with Crippen molar-refractivity contribution in [3.63, 3.8) is 0 Å². The number of hydrogen-bond donors (Lipinski definition) is 0. The molecule has 0 amide bonds. The van der Waals surface area contributed by atoms with Gasteiger partial charge >= 0.3 is 0 Å². The smallest absolute Gasteiger partial charge is 0.0214 e. The molecule has 0 aliphatic heterocycles. The molecule has 0 spiro atoms. The van der Waals surface area contributed by atoms with Crippen LogP contribution in [0.4, 0.5) is 0 Å². The van der Waals surface area contributed by atoms with Gasteiger partial charge in [0.15, 0.2) is 0 Å². The Labute approximate surface area is 82.5 Å². The van der Waals surface area contributed by atoms with Crippen LogP contribution in [0, 0.1) is 0 Å². The average molecular weight is 198 g/mol. The van der Waals surface area contributed by atoms with Gasteiger partial charge in [0, 0.05) is 4.90 Å². The Morgan fingerprint density at radius 2 is 2.00 bits per heavy atom. The highest BCUT2D eigenvalue weighted by atomic mass is 33.1. The van der Waals surface area contributed by atoms with Crippen LogP contribution in [0.25, 0.3) is 0 Å². The lowest BCUT2D eigenvalue weighted by Gasteiger charge is -2.04. The van der Waals surface area contributed by atoms with Crippen LogP contribution in [-0.4, -0.2) is 6.26 Å². The maximum Gasteiger partial charge on any atom is 0.0214 e. The average Bonchev–Trinajstić information content (AvgIpc) is 2.09. The van der Waals surface area contributed by atoms with Crippen molar-refractivity contribution in [2.75, 3.05) is 6.26 Å². The highest BCUT2D eigenvalue weighted by molar-refractivity contribution is 8.76. The number of aryl methyl sites for hydroxylation is 1. The first-order chi connectivity index (χ1) is 5.88. The maximum atomic E-state index is 2.22. The molecule has 0 bridgehead atoms. The Kier molecular flexibility index (Phi) is 4.62. The van der Waals surface area contributed by atoms with Gasteiger partial charge in [-0.15, -0.1) is 0 Å². The van der Waals surface area contributed by atoms with Crippen LogP contribution >= 0.6 is 21.6 Å². The minimum atomic E-state index is 1.20. The number of rotatable bonds is 4. The highest BCUT2D eigenvalue weighted by Gasteiger charge is 1.99. The molecule has 0 fully saturated rings. The topological polar surface area (TPSA) is 0 Å². The molecule has 2 heteroatoms. The molecule has 0 nitrogen and oxygen atoms in total. The summed E-state index contributed by atoms with van der Waals surface area (Å²) >= 11 is 0. The first-order valence-corrected chi connectivity index (χ1v) is 6.73. The van der Waals surface area contributed by atoms with Crippen LogP contribution in [0.1, 0.15) is 18.9 Å². The van der Waals surface area contributed by atoms with E-state index in [9.17, 15) is 0 Å². The number of hydrogen-bond acceptors (Lipinski definition) is 2. The van der Waals surface area contributed by atoms with Gasteiger partial charge in [0.1, 0.15) is 0 Å². The van der Waals surface area contributed by atoms with E-state index in [1.807, 2.05) is 21.6 Å². The fourth-order valence-electron chi connectivity index (χ4n) is 1.15. The van der Waals surface area contributed by atoms with E-state index in [2.05, 4.69) is 37.4 Å². The first-order valence-electron chi connectivity index (χ1n) is 4.17. The monoisotopic (exact) mass is 198 g/mol. The Balaban J connectivity index is 2.77. The van der Waals surface area contributed by atoms with Gasteiger partial charge in [0.2, 0.25) is 0 Å². The summed E-state index contributed by atoms with van der Waals surface area (Å²) in [5.41, 5.74) is 1.49. The van der Waals surface area contributed by atoms with Crippen LogP contribution < -0.4 is 0 Å². The van der Waals surface area contributed by atoms with Crippen molar-refractivity contribution in [3.8, 4) is 0 Å². The molecule has 0 aromatic heterocycles. The van der Waals surface area contributed by atoms with Gasteiger partial charge in [0.25, 0.3) is 0 Å². The molecule has 0 radical (unpaired) electrons. The largest absolute Gasteiger partial charge is 0.0924 e. The summed E-state index contributed by atoms with van der Waals surface area (Å²) < 4.78 is 0. The zero-order valence-corrected chi connectivity index (χ0v) is 9.17. The number of benzene rings is 1. The first kappa shape index (κ1) is 10.0. The molecule has 1 aromatic carbocycles. The van der Waals surface area contributed by atoms with Gasteiger partial charge in [-0.2, -0.15) is 0 Å². The second-order valence-corrected chi connectivity index (χ2v) is 5.05. The third-order valence-corrected chi connectivity index (χ3v) is 3.45. The predicted octanol–water partition coefficient (Wildman–Crippen LogP) is 4.01. The van der Waals surface area contributed by atoms with Crippen molar-refractivity contribution in [1.29, 1.82) is 0 Å². The molecule has 0 aliphatic carbocycles. The summed E-state index contributed by atoms with van der Waals surface area (Å²) in [4.78, 5) is 1.42. The Hall–Kier alpha value is -0.0800. The van der Waals surface area contributed by atoms with Gasteiger partial charge in [-0.25, -0.2) is 0 Å². The summed E-state index contributed by atoms with van der Waals surface area (Å²) in [6.45, 7) is 2.22. The molecule has 0 N–H and O–H groups in total. The summed E-state index contributed by atoms with van der Waals surface area (Å²) in [7, 11) is 3.67. The SMILES string of the molecule is CCCc1ccccc1SSC. The Morgan fingerprint density at radius 1 is 1.25 bits per heavy atom. The minimum absolute atomic E-state index is 1.20. The Bertz CT molecular complexity index is 208. The molecule has 0 heterocycles. The third-order valence-electron chi connectivity index (χ3n) is 1.67. The molecule has 0 aliphatic rings. The molecule has 12 heavy (non-hydrogen) atoms. The molecule has 1 aromatic rings. The van der Waals surface area contributed by atoms with E-state index in [1.54, 1.807) is 0 Å². The zero-order valence-electron chi connectivity index (χ0n) is 7.54. The Morgan fingerprint density at radius 3 is 2.67 bits per heavy atom.